The summed E-state index contributed by atoms with van der Waals surface area (Å²) < 4.78 is 10.9. The Morgan fingerprint density at radius 2 is 1.79 bits per heavy atom. The van der Waals surface area contributed by atoms with Crippen molar-refractivity contribution in [2.45, 2.75) is 18.9 Å². The minimum atomic E-state index is -0.494. The third-order valence-electron chi connectivity index (χ3n) is 6.20. The Bertz CT molecular complexity index is 1250. The lowest BCUT2D eigenvalue weighted by atomic mass is 10.2. The average Bonchev–Trinajstić information content (AvgIpc) is 2.95. The number of anilines is 3. The lowest BCUT2D eigenvalue weighted by Crippen LogP contribution is -2.47. The number of ether oxygens (including phenoxy) is 2. The van der Waals surface area contributed by atoms with Crippen LogP contribution in [0.25, 0.3) is 0 Å². The molecule has 0 bridgehead atoms. The van der Waals surface area contributed by atoms with Gasteiger partial charge in [0.2, 0.25) is 0 Å². The highest BCUT2D eigenvalue weighted by Gasteiger charge is 2.19. The fraction of sp³-hybridized carbons (Fsp3) is 0.345. The molecule has 0 aliphatic carbocycles. The first-order chi connectivity index (χ1) is 19.1. The van der Waals surface area contributed by atoms with Crippen LogP contribution in [0.3, 0.4) is 0 Å². The predicted octanol–water partition coefficient (Wildman–Crippen LogP) is 5.22. The molecule has 0 spiro atoms. The molecule has 39 heavy (non-hydrogen) atoms. The van der Waals surface area contributed by atoms with Crippen LogP contribution in [0.4, 0.5) is 21.9 Å². The van der Waals surface area contributed by atoms with Crippen molar-refractivity contribution in [3.63, 3.8) is 0 Å². The molecular formula is C29H35N5O4S. The van der Waals surface area contributed by atoms with Gasteiger partial charge in [-0.3, -0.25) is 15.0 Å². The van der Waals surface area contributed by atoms with Crippen molar-refractivity contribution < 1.29 is 19.1 Å². The Hall–Kier alpha value is -3.76. The van der Waals surface area contributed by atoms with Crippen molar-refractivity contribution in [3.05, 3.63) is 72.4 Å². The maximum absolute atomic E-state index is 12.9. The molecule has 4 rings (SSSR count). The lowest BCUT2D eigenvalue weighted by molar-refractivity contribution is 0.102. The molecule has 1 aliphatic rings. The molecule has 1 fully saturated rings. The molecule has 0 atom stereocenters. The number of rotatable bonds is 11. The minimum absolute atomic E-state index is 0.161. The molecule has 3 aromatic rings. The first-order valence-electron chi connectivity index (χ1n) is 13.2. The summed E-state index contributed by atoms with van der Waals surface area (Å²) in [4.78, 5) is 34.1. The van der Waals surface area contributed by atoms with E-state index in [1.165, 1.54) is 0 Å². The van der Waals surface area contributed by atoms with Gasteiger partial charge in [0.15, 0.2) is 0 Å². The van der Waals surface area contributed by atoms with Gasteiger partial charge < -0.3 is 19.7 Å². The van der Waals surface area contributed by atoms with E-state index in [2.05, 4.69) is 31.5 Å². The summed E-state index contributed by atoms with van der Waals surface area (Å²) in [5, 5.41) is 6.51. The van der Waals surface area contributed by atoms with Crippen molar-refractivity contribution in [2.75, 3.05) is 67.2 Å². The maximum Gasteiger partial charge on any atom is 0.411 e. The van der Waals surface area contributed by atoms with Gasteiger partial charge in [-0.05, 0) is 55.1 Å². The third-order valence-corrected chi connectivity index (χ3v) is 7.09. The fourth-order valence-corrected chi connectivity index (χ4v) is 5.01. The second-order valence-corrected chi connectivity index (χ2v) is 10.1. The van der Waals surface area contributed by atoms with Crippen molar-refractivity contribution in [2.24, 2.45) is 0 Å². The highest BCUT2D eigenvalue weighted by molar-refractivity contribution is 7.99. The van der Waals surface area contributed by atoms with Crippen LogP contribution in [0, 0.1) is 0 Å². The second kappa shape index (κ2) is 14.4. The molecule has 2 N–H and O–H groups in total. The molecular weight excluding hydrogens is 514 g/mol. The van der Waals surface area contributed by atoms with Crippen LogP contribution in [0.2, 0.25) is 0 Å². The SMILES string of the molecule is CCOc1ccccc1NC(=O)OCCN1CCN(c2cccc(NC(=O)c3cccnc3SCC)c2)CC1. The Balaban J connectivity index is 1.23. The van der Waals surface area contributed by atoms with Crippen LogP contribution in [0.5, 0.6) is 5.75 Å². The van der Waals surface area contributed by atoms with Gasteiger partial charge in [0.25, 0.3) is 5.91 Å². The number of hydrogen-bond acceptors (Lipinski definition) is 8. The summed E-state index contributed by atoms with van der Waals surface area (Å²) in [6.45, 7) is 8.79. The molecule has 206 valence electrons. The molecule has 0 radical (unpaired) electrons. The number of carbonyl (C=O) groups excluding carboxylic acids is 2. The zero-order valence-corrected chi connectivity index (χ0v) is 23.2. The van der Waals surface area contributed by atoms with E-state index in [-0.39, 0.29) is 5.91 Å². The van der Waals surface area contributed by atoms with E-state index >= 15 is 0 Å². The molecule has 1 aromatic heterocycles. The van der Waals surface area contributed by atoms with Crippen LogP contribution in [-0.2, 0) is 4.74 Å². The summed E-state index contributed by atoms with van der Waals surface area (Å²) in [7, 11) is 0. The van der Waals surface area contributed by atoms with E-state index in [0.717, 1.165) is 48.3 Å². The van der Waals surface area contributed by atoms with E-state index in [0.29, 0.717) is 36.8 Å². The maximum atomic E-state index is 12.9. The summed E-state index contributed by atoms with van der Waals surface area (Å²) in [5.74, 6) is 1.31. The fourth-order valence-electron chi connectivity index (χ4n) is 4.29. The monoisotopic (exact) mass is 549 g/mol. The topological polar surface area (TPSA) is 96.0 Å². The van der Waals surface area contributed by atoms with Crippen LogP contribution >= 0.6 is 11.8 Å². The first kappa shape index (κ1) is 28.3. The molecule has 2 amide bonds. The molecule has 10 heteroatoms. The first-order valence-corrected chi connectivity index (χ1v) is 14.2. The van der Waals surface area contributed by atoms with Gasteiger partial charge in [-0.15, -0.1) is 11.8 Å². The van der Waals surface area contributed by atoms with Crippen molar-refractivity contribution in [3.8, 4) is 5.75 Å². The third kappa shape index (κ3) is 8.11. The zero-order valence-electron chi connectivity index (χ0n) is 22.4. The minimum Gasteiger partial charge on any atom is -0.492 e. The molecule has 2 heterocycles. The van der Waals surface area contributed by atoms with Gasteiger partial charge in [0.1, 0.15) is 17.4 Å². The summed E-state index contributed by atoms with van der Waals surface area (Å²) >= 11 is 1.56. The van der Waals surface area contributed by atoms with E-state index in [1.807, 2.05) is 50.2 Å². The standard InChI is InChI=1S/C29H35N5O4S/c1-3-37-26-13-6-5-12-25(26)32-29(36)38-20-19-33-15-17-34(18-16-33)23-10-7-9-22(21-23)31-27(35)24-11-8-14-30-28(24)39-4-2/h5-14,21H,3-4,15-20H2,1-2H3,(H,31,35)(H,32,36). The highest BCUT2D eigenvalue weighted by Crippen LogP contribution is 2.25. The van der Waals surface area contributed by atoms with E-state index in [4.69, 9.17) is 9.47 Å². The van der Waals surface area contributed by atoms with Crippen LogP contribution in [-0.4, -0.2) is 73.6 Å². The lowest BCUT2D eigenvalue weighted by Gasteiger charge is -2.36. The number of nitrogens with zero attached hydrogens (tertiary/aromatic N) is 3. The van der Waals surface area contributed by atoms with Crippen LogP contribution < -0.4 is 20.3 Å². The number of carbonyl (C=O) groups is 2. The van der Waals surface area contributed by atoms with Crippen LogP contribution in [0.15, 0.2) is 71.9 Å². The van der Waals surface area contributed by atoms with E-state index < -0.39 is 6.09 Å². The molecule has 1 saturated heterocycles. The molecule has 9 nitrogen and oxygen atoms in total. The average molecular weight is 550 g/mol. The van der Waals surface area contributed by atoms with Crippen molar-refractivity contribution in [1.82, 2.24) is 9.88 Å². The Morgan fingerprint density at radius 1 is 0.974 bits per heavy atom. The molecule has 2 aromatic carbocycles. The van der Waals surface area contributed by atoms with Gasteiger partial charge >= 0.3 is 6.09 Å². The largest absolute Gasteiger partial charge is 0.492 e. The van der Waals surface area contributed by atoms with Gasteiger partial charge in [0.05, 0.1) is 17.9 Å². The number of piperazine rings is 1. The normalized spacial score (nSPS) is 13.5. The predicted molar refractivity (Wildman–Crippen MR) is 156 cm³/mol. The van der Waals surface area contributed by atoms with E-state index in [1.54, 1.807) is 36.2 Å². The Kier molecular flexibility index (Phi) is 10.4. The number of aromatic nitrogens is 1. The van der Waals surface area contributed by atoms with Gasteiger partial charge in [-0.1, -0.05) is 25.1 Å². The quantitative estimate of drug-likeness (QED) is 0.315. The summed E-state index contributed by atoms with van der Waals surface area (Å²) in [6, 6.07) is 18.8. The Morgan fingerprint density at radius 3 is 2.59 bits per heavy atom. The van der Waals surface area contributed by atoms with Crippen molar-refractivity contribution in [1.29, 1.82) is 0 Å². The number of benzene rings is 2. The number of amides is 2. The number of thioether (sulfide) groups is 1. The number of nitrogens with one attached hydrogen (secondary N) is 2. The zero-order chi connectivity index (χ0) is 27.5. The van der Waals surface area contributed by atoms with Gasteiger partial charge in [-0.2, -0.15) is 0 Å². The summed E-state index contributed by atoms with van der Waals surface area (Å²) in [6.07, 6.45) is 1.21. The second-order valence-electron chi connectivity index (χ2n) is 8.81. The van der Waals surface area contributed by atoms with Gasteiger partial charge in [-0.25, -0.2) is 9.78 Å². The highest BCUT2D eigenvalue weighted by atomic mass is 32.2. The molecule has 0 unspecified atom stereocenters. The Labute approximate surface area is 233 Å². The molecule has 1 aliphatic heterocycles. The van der Waals surface area contributed by atoms with Crippen LogP contribution in [0.1, 0.15) is 24.2 Å². The van der Waals surface area contributed by atoms with Crippen molar-refractivity contribution >= 4 is 40.8 Å². The number of pyridine rings is 1. The van der Waals surface area contributed by atoms with E-state index in [9.17, 15) is 9.59 Å². The smallest absolute Gasteiger partial charge is 0.411 e. The summed E-state index contributed by atoms with van der Waals surface area (Å²) in [5.41, 5.74) is 2.99. The number of hydrogen-bond donors (Lipinski definition) is 2. The number of para-hydroxylation sites is 2. The molecule has 0 saturated carbocycles. The van der Waals surface area contributed by atoms with Gasteiger partial charge in [0, 0.05) is 50.3 Å².